The van der Waals surface area contributed by atoms with Crippen LogP contribution in [0, 0.1) is 0 Å². The first kappa shape index (κ1) is 25.6. The fourth-order valence-corrected chi connectivity index (χ4v) is 5.83. The molecule has 0 radical (unpaired) electrons. The lowest BCUT2D eigenvalue weighted by Gasteiger charge is -2.45. The van der Waals surface area contributed by atoms with Gasteiger partial charge in [0.2, 0.25) is 0 Å². The van der Waals surface area contributed by atoms with Gasteiger partial charge < -0.3 is 28.2 Å². The maximum Gasteiger partial charge on any atom is 0.184 e. The van der Waals surface area contributed by atoms with E-state index in [-0.39, 0.29) is 12.5 Å². The minimum Gasteiger partial charge on any atom is -0.497 e. The van der Waals surface area contributed by atoms with Gasteiger partial charge in [0.1, 0.15) is 18.1 Å². The summed E-state index contributed by atoms with van der Waals surface area (Å²) in [6.07, 6.45) is 0.568. The first-order valence-electron chi connectivity index (χ1n) is 11.4. The van der Waals surface area contributed by atoms with Gasteiger partial charge in [-0.3, -0.25) is 0 Å². The molecule has 1 aliphatic heterocycles. The lowest BCUT2D eigenvalue weighted by Crippen LogP contribution is -2.56. The highest BCUT2D eigenvalue weighted by Crippen LogP contribution is 2.36. The Kier molecular flexibility index (Phi) is 8.84. The van der Waals surface area contributed by atoms with E-state index in [4.69, 9.17) is 23.4 Å². The van der Waals surface area contributed by atoms with Gasteiger partial charge in [0.05, 0.1) is 32.0 Å². The van der Waals surface area contributed by atoms with Gasteiger partial charge in [-0.25, -0.2) is 0 Å². The molecule has 7 heteroatoms. The van der Waals surface area contributed by atoms with Gasteiger partial charge >= 0.3 is 0 Å². The van der Waals surface area contributed by atoms with Crippen molar-refractivity contribution in [3.63, 3.8) is 0 Å². The molecule has 0 spiro atoms. The van der Waals surface area contributed by atoms with E-state index in [1.165, 1.54) is 0 Å². The van der Waals surface area contributed by atoms with Crippen LogP contribution in [0.25, 0.3) is 0 Å². The van der Waals surface area contributed by atoms with Gasteiger partial charge in [-0.15, -0.1) is 0 Å². The third-order valence-electron chi connectivity index (χ3n) is 5.60. The van der Waals surface area contributed by atoms with Crippen molar-refractivity contribution in [2.75, 3.05) is 13.7 Å². The van der Waals surface area contributed by atoms with Crippen LogP contribution >= 0.6 is 0 Å². The molecule has 1 saturated heterocycles. The summed E-state index contributed by atoms with van der Waals surface area (Å²) in [6.45, 7) is 9.23. The third kappa shape index (κ3) is 7.22. The smallest absolute Gasteiger partial charge is 0.184 e. The van der Waals surface area contributed by atoms with Gasteiger partial charge in [0.15, 0.2) is 14.6 Å². The van der Waals surface area contributed by atoms with Crippen LogP contribution in [0.3, 0.4) is 0 Å². The lowest BCUT2D eigenvalue weighted by molar-refractivity contribution is -0.263. The fourth-order valence-electron chi connectivity index (χ4n) is 4.23. The highest BCUT2D eigenvalue weighted by Gasteiger charge is 2.46. The normalized spacial score (nSPS) is 21.7. The topological polar surface area (TPSA) is 63.2 Å². The summed E-state index contributed by atoms with van der Waals surface area (Å²) in [7, 11) is -0.355. The Morgan fingerprint density at radius 2 is 1.82 bits per heavy atom. The van der Waals surface area contributed by atoms with Crippen molar-refractivity contribution in [3.8, 4) is 5.75 Å². The van der Waals surface area contributed by atoms with Crippen molar-refractivity contribution in [1.29, 1.82) is 0 Å². The van der Waals surface area contributed by atoms with E-state index in [1.807, 2.05) is 61.5 Å². The quantitative estimate of drug-likeness (QED) is 0.327. The number of rotatable bonds is 11. The average Bonchev–Trinajstić information content (AvgIpc) is 2.79. The monoisotopic (exact) mass is 472 g/mol. The predicted octanol–water partition coefficient (Wildman–Crippen LogP) is 5.28. The lowest BCUT2D eigenvalue weighted by atomic mass is 9.89. The first-order chi connectivity index (χ1) is 15.7. The van der Waals surface area contributed by atoms with Gasteiger partial charge in [-0.05, 0) is 50.7 Å². The van der Waals surface area contributed by atoms with Crippen molar-refractivity contribution < 1.29 is 28.2 Å². The van der Waals surface area contributed by atoms with Crippen molar-refractivity contribution in [2.45, 2.75) is 70.1 Å². The molecule has 1 heterocycles. The van der Waals surface area contributed by atoms with Crippen LogP contribution in [0.15, 0.2) is 54.6 Å². The summed E-state index contributed by atoms with van der Waals surface area (Å²) in [4.78, 5) is 11.7. The van der Waals surface area contributed by atoms with E-state index < -0.39 is 26.3 Å². The molecule has 0 bridgehead atoms. The number of ether oxygens (including phenoxy) is 4. The number of carbonyl (C=O) groups excluding carboxylic acids is 1. The van der Waals surface area contributed by atoms with Crippen molar-refractivity contribution in [2.24, 2.45) is 0 Å². The van der Waals surface area contributed by atoms with Gasteiger partial charge in [0.25, 0.3) is 0 Å². The molecular weight excluding hydrogens is 436 g/mol. The molecule has 0 N–H and O–H groups in total. The van der Waals surface area contributed by atoms with Crippen molar-refractivity contribution in [3.05, 3.63) is 65.7 Å². The summed E-state index contributed by atoms with van der Waals surface area (Å²) in [5.74, 6) is 0.793. The molecule has 33 heavy (non-hydrogen) atoms. The first-order valence-corrected chi connectivity index (χ1v) is 14.9. The number of methoxy groups -OCH3 is 1. The highest BCUT2D eigenvalue weighted by molar-refractivity contribution is 6.69. The fraction of sp³-hybridized carbons (Fsp3) is 0.500. The van der Waals surface area contributed by atoms with E-state index in [0.29, 0.717) is 19.6 Å². The third-order valence-corrected chi connectivity index (χ3v) is 6.68. The summed E-state index contributed by atoms with van der Waals surface area (Å²) in [5.41, 5.74) is 1.15. The van der Waals surface area contributed by atoms with Crippen molar-refractivity contribution >= 4 is 14.6 Å². The molecule has 180 valence electrons. The van der Waals surface area contributed by atoms with Crippen LogP contribution in [-0.4, -0.2) is 46.1 Å². The zero-order valence-electron chi connectivity index (χ0n) is 20.3. The predicted molar refractivity (Wildman–Crippen MR) is 130 cm³/mol. The molecule has 0 aromatic heterocycles. The number of aldehydes is 1. The summed E-state index contributed by atoms with van der Waals surface area (Å²) >= 11 is 0. The number of hydrogen-bond acceptors (Lipinski definition) is 6. The molecule has 1 aliphatic rings. The van der Waals surface area contributed by atoms with Crippen LogP contribution < -0.4 is 4.74 Å². The van der Waals surface area contributed by atoms with Crippen LogP contribution in [0.5, 0.6) is 5.75 Å². The van der Waals surface area contributed by atoms with E-state index in [1.54, 1.807) is 7.11 Å². The number of carbonyl (C=O) groups is 1. The van der Waals surface area contributed by atoms with Crippen LogP contribution in [-0.2, 0) is 30.0 Å². The largest absolute Gasteiger partial charge is 0.497 e. The van der Waals surface area contributed by atoms with Crippen LogP contribution in [0.2, 0.25) is 19.6 Å². The minimum absolute atomic E-state index is 0.223. The van der Waals surface area contributed by atoms with E-state index in [2.05, 4.69) is 19.6 Å². The van der Waals surface area contributed by atoms with Crippen LogP contribution in [0.1, 0.15) is 37.2 Å². The molecule has 0 amide bonds. The van der Waals surface area contributed by atoms with Crippen LogP contribution in [0.4, 0.5) is 0 Å². The Bertz CT molecular complexity index is 867. The molecule has 3 rings (SSSR count). The highest BCUT2D eigenvalue weighted by atomic mass is 28.4. The molecule has 4 atom stereocenters. The van der Waals surface area contributed by atoms with Gasteiger partial charge in [-0.2, -0.15) is 0 Å². The number of benzene rings is 2. The summed E-state index contributed by atoms with van der Waals surface area (Å²) < 4.78 is 30.7. The summed E-state index contributed by atoms with van der Waals surface area (Å²) in [6, 6.07) is 17.6. The summed E-state index contributed by atoms with van der Waals surface area (Å²) in [5, 5.41) is 0. The minimum atomic E-state index is -2.00. The molecule has 2 aromatic rings. The maximum atomic E-state index is 11.7. The van der Waals surface area contributed by atoms with E-state index >= 15 is 0 Å². The zero-order valence-corrected chi connectivity index (χ0v) is 21.3. The second-order valence-electron chi connectivity index (χ2n) is 9.55. The van der Waals surface area contributed by atoms with Gasteiger partial charge in [-0.1, -0.05) is 42.5 Å². The molecule has 0 aliphatic carbocycles. The average molecular weight is 473 g/mol. The second kappa shape index (κ2) is 11.4. The Labute approximate surface area is 198 Å². The molecule has 0 unspecified atom stereocenters. The second-order valence-corrected chi connectivity index (χ2v) is 14.0. The zero-order chi connectivity index (χ0) is 23.9. The maximum absolute atomic E-state index is 11.7. The Morgan fingerprint density at radius 3 is 2.42 bits per heavy atom. The molecule has 0 saturated carbocycles. The molecule has 1 fully saturated rings. The Balaban J connectivity index is 1.86. The standard InChI is InChI=1S/C26H36O6Si/c1-26(16-17-27,32-33(3,4)5)24(30-19-20-11-13-22(28-2)14-12-20)23-15-18-29-25(31-23)21-9-7-6-8-10-21/h6-14,17,23-25H,15-16,18-19H2,1-5H3/t23-,24-,25-,26+/m0/s1. The SMILES string of the molecule is COc1ccc(CO[C@@H]([C@@H]2CCO[C@H](c3ccccc3)O2)[C@@](C)(CC=O)O[Si](C)(C)C)cc1. The van der Waals surface area contributed by atoms with Crippen molar-refractivity contribution in [1.82, 2.24) is 0 Å². The number of hydrogen-bond donors (Lipinski definition) is 0. The molecular formula is C26H36O6Si. The molecule has 6 nitrogen and oxygen atoms in total. The Hall–Kier alpha value is -2.03. The Morgan fingerprint density at radius 1 is 1.12 bits per heavy atom. The van der Waals surface area contributed by atoms with Gasteiger partial charge in [0, 0.05) is 12.0 Å². The molecule has 2 aromatic carbocycles. The van der Waals surface area contributed by atoms with E-state index in [0.717, 1.165) is 23.2 Å². The van der Waals surface area contributed by atoms with E-state index in [9.17, 15) is 4.79 Å².